The SMILES string of the molecule is O=C(N/N=C\c1c[nH]c2ccccc12)c1ccncc1. The Bertz CT molecular complexity index is 762. The minimum Gasteiger partial charge on any atom is -0.361 e. The first-order valence-electron chi connectivity index (χ1n) is 6.14. The van der Waals surface area contributed by atoms with E-state index in [0.717, 1.165) is 16.5 Å². The van der Waals surface area contributed by atoms with Crippen molar-refractivity contribution in [1.82, 2.24) is 15.4 Å². The molecule has 2 N–H and O–H groups in total. The molecule has 5 heteroatoms. The highest BCUT2D eigenvalue weighted by molar-refractivity contribution is 6.00. The molecule has 98 valence electrons. The van der Waals surface area contributed by atoms with E-state index in [2.05, 4.69) is 20.5 Å². The molecule has 0 unspecified atom stereocenters. The standard InChI is InChI=1S/C15H12N4O/c20-15(11-5-7-16-8-6-11)19-18-10-12-9-17-14-4-2-1-3-13(12)14/h1-10,17H,(H,19,20)/b18-10-. The topological polar surface area (TPSA) is 70.1 Å². The van der Waals surface area contributed by atoms with E-state index in [1.165, 1.54) is 0 Å². The fraction of sp³-hybridized carbons (Fsp3) is 0. The molecule has 3 rings (SSSR count). The maximum atomic E-state index is 11.8. The number of amides is 1. The van der Waals surface area contributed by atoms with Crippen LogP contribution in [0.25, 0.3) is 10.9 Å². The Morgan fingerprint density at radius 3 is 2.85 bits per heavy atom. The van der Waals surface area contributed by atoms with Crippen LogP contribution in [-0.2, 0) is 0 Å². The molecule has 0 saturated carbocycles. The number of H-pyrrole nitrogens is 1. The molecular formula is C15H12N4O. The van der Waals surface area contributed by atoms with Crippen LogP contribution in [0.15, 0.2) is 60.1 Å². The Kier molecular flexibility index (Phi) is 3.24. The van der Waals surface area contributed by atoms with E-state index in [4.69, 9.17) is 0 Å². The second-order valence-electron chi connectivity index (χ2n) is 4.22. The lowest BCUT2D eigenvalue weighted by atomic mass is 10.2. The average Bonchev–Trinajstić information content (AvgIpc) is 2.92. The van der Waals surface area contributed by atoms with Gasteiger partial charge in [0, 0.05) is 40.6 Å². The smallest absolute Gasteiger partial charge is 0.271 e. The molecule has 20 heavy (non-hydrogen) atoms. The third kappa shape index (κ3) is 2.42. The maximum Gasteiger partial charge on any atom is 0.271 e. The van der Waals surface area contributed by atoms with Crippen LogP contribution in [0.1, 0.15) is 15.9 Å². The highest BCUT2D eigenvalue weighted by Gasteiger charge is 2.03. The number of benzene rings is 1. The van der Waals surface area contributed by atoms with E-state index in [-0.39, 0.29) is 5.91 Å². The Morgan fingerprint density at radius 1 is 1.20 bits per heavy atom. The second kappa shape index (κ2) is 5.36. The molecule has 0 saturated heterocycles. The molecule has 0 atom stereocenters. The minimum absolute atomic E-state index is 0.261. The second-order valence-corrected chi connectivity index (χ2v) is 4.22. The number of nitrogens with zero attached hydrogens (tertiary/aromatic N) is 2. The van der Waals surface area contributed by atoms with E-state index >= 15 is 0 Å². The molecule has 0 aliphatic carbocycles. The molecule has 1 aromatic carbocycles. The van der Waals surface area contributed by atoms with E-state index in [1.807, 2.05) is 30.5 Å². The molecule has 3 aromatic rings. The number of hydrogen-bond acceptors (Lipinski definition) is 3. The predicted molar refractivity (Wildman–Crippen MR) is 77.6 cm³/mol. The van der Waals surface area contributed by atoms with Crippen LogP contribution in [0.2, 0.25) is 0 Å². The number of hydrogen-bond donors (Lipinski definition) is 2. The quantitative estimate of drug-likeness (QED) is 0.563. The number of pyridine rings is 1. The minimum atomic E-state index is -0.261. The maximum absolute atomic E-state index is 11.8. The molecule has 0 aliphatic rings. The van der Waals surface area contributed by atoms with Gasteiger partial charge in [-0.15, -0.1) is 0 Å². The van der Waals surface area contributed by atoms with Gasteiger partial charge in [0.05, 0.1) is 6.21 Å². The summed E-state index contributed by atoms with van der Waals surface area (Å²) in [5, 5.41) is 5.04. The van der Waals surface area contributed by atoms with Gasteiger partial charge < -0.3 is 4.98 Å². The summed E-state index contributed by atoms with van der Waals surface area (Å²) in [4.78, 5) is 18.8. The lowest BCUT2D eigenvalue weighted by Gasteiger charge is -1.98. The fourth-order valence-electron chi connectivity index (χ4n) is 1.93. The van der Waals surface area contributed by atoms with Gasteiger partial charge in [0.2, 0.25) is 0 Å². The zero-order chi connectivity index (χ0) is 13.8. The number of fused-ring (bicyclic) bond motifs is 1. The number of carbonyl (C=O) groups excluding carboxylic acids is 1. The van der Waals surface area contributed by atoms with Crippen LogP contribution < -0.4 is 5.43 Å². The van der Waals surface area contributed by atoms with Crippen molar-refractivity contribution >= 4 is 23.0 Å². The zero-order valence-electron chi connectivity index (χ0n) is 10.6. The third-order valence-corrected chi connectivity index (χ3v) is 2.93. The van der Waals surface area contributed by atoms with Crippen molar-refractivity contribution in [2.75, 3.05) is 0 Å². The van der Waals surface area contributed by atoms with Crippen LogP contribution in [0.4, 0.5) is 0 Å². The van der Waals surface area contributed by atoms with Crippen LogP contribution >= 0.6 is 0 Å². The molecule has 0 radical (unpaired) electrons. The first-order valence-corrected chi connectivity index (χ1v) is 6.14. The van der Waals surface area contributed by atoms with Gasteiger partial charge in [-0.3, -0.25) is 9.78 Å². The van der Waals surface area contributed by atoms with Gasteiger partial charge in [-0.1, -0.05) is 18.2 Å². The van der Waals surface area contributed by atoms with E-state index in [1.54, 1.807) is 30.7 Å². The summed E-state index contributed by atoms with van der Waals surface area (Å²) in [6.07, 6.45) is 6.61. The summed E-state index contributed by atoms with van der Waals surface area (Å²) in [5.41, 5.74) is 4.98. The number of aromatic amines is 1. The summed E-state index contributed by atoms with van der Waals surface area (Å²) in [7, 11) is 0. The molecular weight excluding hydrogens is 252 g/mol. The Labute approximate surface area is 115 Å². The van der Waals surface area contributed by atoms with Crippen molar-refractivity contribution in [3.63, 3.8) is 0 Å². The number of aromatic nitrogens is 2. The first-order chi connectivity index (χ1) is 9.84. The highest BCUT2D eigenvalue weighted by Crippen LogP contribution is 2.15. The lowest BCUT2D eigenvalue weighted by molar-refractivity contribution is 0.0955. The van der Waals surface area contributed by atoms with Gasteiger partial charge >= 0.3 is 0 Å². The van der Waals surface area contributed by atoms with Crippen LogP contribution in [-0.4, -0.2) is 22.1 Å². The largest absolute Gasteiger partial charge is 0.361 e. The summed E-state index contributed by atoms with van der Waals surface area (Å²) in [6, 6.07) is 11.2. The van der Waals surface area contributed by atoms with Gasteiger partial charge in [0.25, 0.3) is 5.91 Å². The summed E-state index contributed by atoms with van der Waals surface area (Å²) < 4.78 is 0. The van der Waals surface area contributed by atoms with Crippen molar-refractivity contribution in [1.29, 1.82) is 0 Å². The van der Waals surface area contributed by atoms with Crippen molar-refractivity contribution in [2.24, 2.45) is 5.10 Å². The number of rotatable bonds is 3. The molecule has 0 spiro atoms. The Hall–Kier alpha value is -2.95. The number of nitrogens with one attached hydrogen (secondary N) is 2. The Morgan fingerprint density at radius 2 is 2.00 bits per heavy atom. The van der Waals surface area contributed by atoms with Gasteiger partial charge in [-0.05, 0) is 18.2 Å². The van der Waals surface area contributed by atoms with Gasteiger partial charge in [0.15, 0.2) is 0 Å². The van der Waals surface area contributed by atoms with Gasteiger partial charge in [-0.25, -0.2) is 5.43 Å². The summed E-state index contributed by atoms with van der Waals surface area (Å²) >= 11 is 0. The van der Waals surface area contributed by atoms with E-state index in [9.17, 15) is 4.79 Å². The van der Waals surface area contributed by atoms with E-state index in [0.29, 0.717) is 5.56 Å². The van der Waals surface area contributed by atoms with Crippen molar-refractivity contribution in [3.05, 3.63) is 66.1 Å². The first kappa shape index (κ1) is 12.1. The normalized spacial score (nSPS) is 11.0. The lowest BCUT2D eigenvalue weighted by Crippen LogP contribution is -2.17. The third-order valence-electron chi connectivity index (χ3n) is 2.93. The Balaban J connectivity index is 1.74. The predicted octanol–water partition coefficient (Wildman–Crippen LogP) is 2.33. The molecule has 5 nitrogen and oxygen atoms in total. The molecule has 0 fully saturated rings. The van der Waals surface area contributed by atoms with Crippen LogP contribution in [0.5, 0.6) is 0 Å². The van der Waals surface area contributed by atoms with Crippen LogP contribution in [0.3, 0.4) is 0 Å². The summed E-state index contributed by atoms with van der Waals surface area (Å²) in [6.45, 7) is 0. The fourth-order valence-corrected chi connectivity index (χ4v) is 1.93. The van der Waals surface area contributed by atoms with Gasteiger partial charge in [-0.2, -0.15) is 5.10 Å². The van der Waals surface area contributed by atoms with Crippen LogP contribution in [0, 0.1) is 0 Å². The number of para-hydroxylation sites is 1. The number of carbonyl (C=O) groups is 1. The van der Waals surface area contributed by atoms with Crippen molar-refractivity contribution < 1.29 is 4.79 Å². The van der Waals surface area contributed by atoms with Crippen molar-refractivity contribution in [3.8, 4) is 0 Å². The monoisotopic (exact) mass is 264 g/mol. The van der Waals surface area contributed by atoms with Gasteiger partial charge in [0.1, 0.15) is 0 Å². The molecule has 0 aliphatic heterocycles. The highest BCUT2D eigenvalue weighted by atomic mass is 16.2. The molecule has 2 aromatic heterocycles. The molecule has 2 heterocycles. The van der Waals surface area contributed by atoms with E-state index < -0.39 is 0 Å². The summed E-state index contributed by atoms with van der Waals surface area (Å²) in [5.74, 6) is -0.261. The molecule has 0 bridgehead atoms. The van der Waals surface area contributed by atoms with Crippen molar-refractivity contribution in [2.45, 2.75) is 0 Å². The average molecular weight is 264 g/mol. The molecule has 1 amide bonds. The zero-order valence-corrected chi connectivity index (χ0v) is 10.6. The number of hydrazone groups is 1.